The van der Waals surface area contributed by atoms with Crippen LogP contribution >= 0.6 is 0 Å². The lowest BCUT2D eigenvalue weighted by atomic mass is 10.0. The van der Waals surface area contributed by atoms with Crippen molar-refractivity contribution in [2.75, 3.05) is 6.54 Å². The molecule has 0 bridgehead atoms. The Morgan fingerprint density at radius 1 is 1.42 bits per heavy atom. The zero-order chi connectivity index (χ0) is 14.0. The third-order valence-electron chi connectivity index (χ3n) is 4.40. The monoisotopic (exact) mass is 265 g/mol. The molecular formula is C15H27N3O. The van der Waals surface area contributed by atoms with Crippen molar-refractivity contribution >= 4 is 0 Å². The van der Waals surface area contributed by atoms with Crippen molar-refractivity contribution in [3.05, 3.63) is 17.0 Å². The summed E-state index contributed by atoms with van der Waals surface area (Å²) >= 11 is 0. The third-order valence-corrected chi connectivity index (χ3v) is 4.40. The Morgan fingerprint density at radius 3 is 2.68 bits per heavy atom. The molecule has 1 aromatic heterocycles. The zero-order valence-corrected chi connectivity index (χ0v) is 12.6. The van der Waals surface area contributed by atoms with Gasteiger partial charge in [-0.25, -0.2) is 0 Å². The molecule has 0 amide bonds. The molecule has 19 heavy (non-hydrogen) atoms. The quantitative estimate of drug-likeness (QED) is 0.859. The molecule has 3 unspecified atom stereocenters. The molecule has 1 aliphatic carbocycles. The van der Waals surface area contributed by atoms with Gasteiger partial charge >= 0.3 is 0 Å². The van der Waals surface area contributed by atoms with E-state index in [0.717, 1.165) is 38.0 Å². The number of hydrogen-bond acceptors (Lipinski definition) is 3. The van der Waals surface area contributed by atoms with Crippen LogP contribution in [0.4, 0.5) is 0 Å². The van der Waals surface area contributed by atoms with Crippen LogP contribution in [0.3, 0.4) is 0 Å². The number of aliphatic hydroxyl groups is 1. The fourth-order valence-corrected chi connectivity index (χ4v) is 3.32. The molecule has 1 saturated carbocycles. The Labute approximate surface area is 116 Å². The Morgan fingerprint density at radius 2 is 2.16 bits per heavy atom. The third kappa shape index (κ3) is 3.18. The van der Waals surface area contributed by atoms with E-state index in [1.807, 2.05) is 0 Å². The number of hydrogen-bond donors (Lipinski definition) is 2. The first-order chi connectivity index (χ1) is 9.02. The molecule has 0 radical (unpaired) electrons. The van der Waals surface area contributed by atoms with Gasteiger partial charge in [0.15, 0.2) is 0 Å². The molecule has 4 heteroatoms. The lowest BCUT2D eigenvalue weighted by molar-refractivity contribution is 0.177. The fourth-order valence-electron chi connectivity index (χ4n) is 3.32. The average Bonchev–Trinajstić information content (AvgIpc) is 2.90. The number of aryl methyl sites for hydroxylation is 2. The maximum Gasteiger partial charge on any atom is 0.0644 e. The second-order valence-corrected chi connectivity index (χ2v) is 5.86. The number of aliphatic hydroxyl groups excluding tert-OH is 1. The highest BCUT2D eigenvalue weighted by Crippen LogP contribution is 2.26. The summed E-state index contributed by atoms with van der Waals surface area (Å²) in [7, 11) is 0. The van der Waals surface area contributed by atoms with Crippen LogP contribution in [0.1, 0.15) is 56.1 Å². The molecule has 1 fully saturated rings. The van der Waals surface area contributed by atoms with E-state index in [0.29, 0.717) is 12.0 Å². The van der Waals surface area contributed by atoms with Gasteiger partial charge in [0.2, 0.25) is 0 Å². The molecule has 2 rings (SSSR count). The minimum atomic E-state index is -0.0755. The summed E-state index contributed by atoms with van der Waals surface area (Å²) in [6, 6.07) is 0.332. The molecular weight excluding hydrogens is 238 g/mol. The summed E-state index contributed by atoms with van der Waals surface area (Å²) in [6.45, 7) is 10.5. The van der Waals surface area contributed by atoms with Crippen LogP contribution in [0.15, 0.2) is 0 Å². The molecule has 1 heterocycles. The molecule has 0 aromatic carbocycles. The summed E-state index contributed by atoms with van der Waals surface area (Å²) in [6.07, 6.45) is 2.99. The molecule has 3 atom stereocenters. The summed E-state index contributed by atoms with van der Waals surface area (Å²) < 4.78 is 2.07. The molecule has 2 N–H and O–H groups in total. The van der Waals surface area contributed by atoms with Crippen molar-refractivity contribution in [1.82, 2.24) is 15.1 Å². The Bertz CT molecular complexity index is 427. The first-order valence-electron chi connectivity index (χ1n) is 7.48. The van der Waals surface area contributed by atoms with Crippen LogP contribution in [0.2, 0.25) is 0 Å². The minimum Gasteiger partial charge on any atom is -0.393 e. The van der Waals surface area contributed by atoms with E-state index in [2.05, 4.69) is 42.8 Å². The highest BCUT2D eigenvalue weighted by Gasteiger charge is 2.24. The topological polar surface area (TPSA) is 50.1 Å². The maximum atomic E-state index is 9.56. The highest BCUT2D eigenvalue weighted by molar-refractivity contribution is 5.27. The van der Waals surface area contributed by atoms with Crippen molar-refractivity contribution in [2.24, 2.45) is 5.92 Å². The van der Waals surface area contributed by atoms with E-state index in [-0.39, 0.29) is 6.10 Å². The first-order valence-corrected chi connectivity index (χ1v) is 7.48. The van der Waals surface area contributed by atoms with E-state index in [4.69, 9.17) is 0 Å². The number of nitrogens with one attached hydrogen (secondary N) is 1. The van der Waals surface area contributed by atoms with E-state index >= 15 is 0 Å². The summed E-state index contributed by atoms with van der Waals surface area (Å²) in [4.78, 5) is 0. The maximum absolute atomic E-state index is 9.56. The number of rotatable bonds is 5. The smallest absolute Gasteiger partial charge is 0.0644 e. The predicted molar refractivity (Wildman–Crippen MR) is 77.1 cm³/mol. The molecule has 4 nitrogen and oxygen atoms in total. The van der Waals surface area contributed by atoms with E-state index in [1.54, 1.807) is 0 Å². The van der Waals surface area contributed by atoms with Crippen LogP contribution in [0.5, 0.6) is 0 Å². The largest absolute Gasteiger partial charge is 0.393 e. The number of nitrogens with zero attached hydrogens (tertiary/aromatic N) is 2. The predicted octanol–water partition coefficient (Wildman–Crippen LogP) is 2.33. The van der Waals surface area contributed by atoms with Crippen LogP contribution in [0, 0.1) is 19.8 Å². The zero-order valence-electron chi connectivity index (χ0n) is 12.6. The van der Waals surface area contributed by atoms with E-state index in [1.165, 1.54) is 11.3 Å². The van der Waals surface area contributed by atoms with Gasteiger partial charge in [0.1, 0.15) is 0 Å². The van der Waals surface area contributed by atoms with Crippen molar-refractivity contribution in [3.8, 4) is 0 Å². The molecule has 0 saturated heterocycles. The SMILES string of the molecule is CCn1nc(C)c(C(C)NCC2CCC(O)C2)c1C. The van der Waals surface area contributed by atoms with Crippen molar-refractivity contribution < 1.29 is 5.11 Å². The van der Waals surface area contributed by atoms with Gasteiger partial charge in [0.25, 0.3) is 0 Å². The van der Waals surface area contributed by atoms with Gasteiger partial charge in [-0.05, 0) is 59.4 Å². The minimum absolute atomic E-state index is 0.0755. The second kappa shape index (κ2) is 6.06. The van der Waals surface area contributed by atoms with Crippen molar-refractivity contribution in [1.29, 1.82) is 0 Å². The van der Waals surface area contributed by atoms with Crippen molar-refractivity contribution in [3.63, 3.8) is 0 Å². The first kappa shape index (κ1) is 14.5. The lowest BCUT2D eigenvalue weighted by Gasteiger charge is -2.18. The average molecular weight is 265 g/mol. The van der Waals surface area contributed by atoms with Crippen molar-refractivity contribution in [2.45, 2.75) is 65.6 Å². The molecule has 1 aromatic rings. The standard InChI is InChI=1S/C15H27N3O/c1-5-18-12(4)15(11(3)17-18)10(2)16-9-13-6-7-14(19)8-13/h10,13-14,16,19H,5-9H2,1-4H3. The van der Waals surface area contributed by atoms with Crippen LogP contribution in [-0.4, -0.2) is 27.5 Å². The molecule has 0 aliphatic heterocycles. The molecule has 1 aliphatic rings. The van der Waals surface area contributed by atoms with E-state index < -0.39 is 0 Å². The van der Waals surface area contributed by atoms with Gasteiger partial charge in [0.05, 0.1) is 11.8 Å². The van der Waals surface area contributed by atoms with Crippen LogP contribution in [0.25, 0.3) is 0 Å². The molecule has 108 valence electrons. The van der Waals surface area contributed by atoms with Gasteiger partial charge in [-0.2, -0.15) is 5.10 Å². The number of aromatic nitrogens is 2. The highest BCUT2D eigenvalue weighted by atomic mass is 16.3. The normalized spacial score (nSPS) is 24.9. The van der Waals surface area contributed by atoms with Gasteiger partial charge < -0.3 is 10.4 Å². The second-order valence-electron chi connectivity index (χ2n) is 5.86. The Balaban J connectivity index is 1.96. The Kier molecular flexibility index (Phi) is 4.63. The van der Waals surface area contributed by atoms with Gasteiger partial charge in [-0.3, -0.25) is 4.68 Å². The summed E-state index contributed by atoms with van der Waals surface area (Å²) in [5.74, 6) is 0.624. The van der Waals surface area contributed by atoms with E-state index in [9.17, 15) is 5.11 Å². The van der Waals surface area contributed by atoms with Crippen LogP contribution in [-0.2, 0) is 6.54 Å². The molecule has 0 spiro atoms. The lowest BCUT2D eigenvalue weighted by Crippen LogP contribution is -2.25. The van der Waals surface area contributed by atoms with Gasteiger partial charge in [-0.1, -0.05) is 0 Å². The fraction of sp³-hybridized carbons (Fsp3) is 0.800. The van der Waals surface area contributed by atoms with Gasteiger partial charge in [-0.15, -0.1) is 0 Å². The Hall–Kier alpha value is -0.870. The van der Waals surface area contributed by atoms with Gasteiger partial charge in [0, 0.05) is 23.8 Å². The summed E-state index contributed by atoms with van der Waals surface area (Å²) in [5.41, 5.74) is 3.73. The van der Waals surface area contributed by atoms with Crippen LogP contribution < -0.4 is 5.32 Å². The summed E-state index contributed by atoms with van der Waals surface area (Å²) in [5, 5.41) is 17.8.